The van der Waals surface area contributed by atoms with Crippen LogP contribution in [0.2, 0.25) is 0 Å². The van der Waals surface area contributed by atoms with E-state index in [1.807, 2.05) is 58.0 Å². The van der Waals surface area contributed by atoms with Crippen LogP contribution >= 0.6 is 0 Å². The van der Waals surface area contributed by atoms with Gasteiger partial charge in [0, 0.05) is 16.3 Å². The van der Waals surface area contributed by atoms with Crippen molar-refractivity contribution in [2.45, 2.75) is 34.2 Å². The lowest BCUT2D eigenvalue weighted by Gasteiger charge is -2.15. The number of carbonyl (C=O) groups is 2. The minimum Gasteiger partial charge on any atom is -0.456 e. The van der Waals surface area contributed by atoms with Gasteiger partial charge < -0.3 is 9.30 Å². The number of ether oxygens (including phenoxy) is 1. The molecule has 0 fully saturated rings. The average Bonchev–Trinajstić information content (AvgIpc) is 2.81. The quantitative estimate of drug-likeness (QED) is 0.260. The second-order valence-electron chi connectivity index (χ2n) is 8.15. The summed E-state index contributed by atoms with van der Waals surface area (Å²) in [5, 5.41) is 1.08. The number of benzene rings is 3. The van der Waals surface area contributed by atoms with Gasteiger partial charge in [-0.3, -0.25) is 14.4 Å². The van der Waals surface area contributed by atoms with Crippen LogP contribution in [0.15, 0.2) is 59.4 Å². The van der Waals surface area contributed by atoms with Gasteiger partial charge >= 0.3 is 5.97 Å². The lowest BCUT2D eigenvalue weighted by Crippen LogP contribution is -2.21. The molecule has 32 heavy (non-hydrogen) atoms. The summed E-state index contributed by atoms with van der Waals surface area (Å²) in [7, 11) is 0. The first kappa shape index (κ1) is 21.5. The van der Waals surface area contributed by atoms with E-state index < -0.39 is 5.97 Å². The maximum absolute atomic E-state index is 12.8. The number of rotatable bonds is 5. The summed E-state index contributed by atoms with van der Waals surface area (Å²) in [5.74, 6) is -0.757. The number of ketones is 1. The molecule has 0 radical (unpaired) electrons. The summed E-state index contributed by atoms with van der Waals surface area (Å²) < 4.78 is 7.14. The number of nitrogens with zero attached hydrogens (tertiary/aromatic N) is 1. The molecule has 0 saturated heterocycles. The third-order valence-corrected chi connectivity index (χ3v) is 6.31. The lowest BCUT2D eigenvalue weighted by molar-refractivity contribution is -0.143. The molecule has 0 aliphatic rings. The lowest BCUT2D eigenvalue weighted by atomic mass is 9.93. The van der Waals surface area contributed by atoms with Crippen LogP contribution in [-0.4, -0.2) is 22.9 Å². The van der Waals surface area contributed by atoms with Gasteiger partial charge in [0.1, 0.15) is 6.54 Å². The number of para-hydroxylation sites is 2. The van der Waals surface area contributed by atoms with Gasteiger partial charge in [0.05, 0.1) is 11.0 Å². The van der Waals surface area contributed by atoms with Crippen molar-refractivity contribution < 1.29 is 14.3 Å². The highest BCUT2D eigenvalue weighted by molar-refractivity contribution is 6.00. The zero-order valence-corrected chi connectivity index (χ0v) is 18.7. The summed E-state index contributed by atoms with van der Waals surface area (Å²) in [6, 6.07) is 16.2. The molecule has 0 unspecified atom stereocenters. The molecular formula is C27H25NO4. The highest BCUT2D eigenvalue weighted by atomic mass is 16.5. The molecule has 0 N–H and O–H groups in total. The van der Waals surface area contributed by atoms with Crippen LogP contribution in [0, 0.1) is 27.7 Å². The molecule has 0 aliphatic carbocycles. The van der Waals surface area contributed by atoms with Gasteiger partial charge in [0.25, 0.3) is 0 Å². The fourth-order valence-electron chi connectivity index (χ4n) is 4.15. The highest BCUT2D eigenvalue weighted by Gasteiger charge is 2.17. The molecule has 1 aromatic heterocycles. The van der Waals surface area contributed by atoms with Crippen LogP contribution in [0.1, 0.15) is 32.6 Å². The van der Waals surface area contributed by atoms with Crippen molar-refractivity contribution in [1.29, 1.82) is 0 Å². The van der Waals surface area contributed by atoms with Crippen LogP contribution < -0.4 is 5.43 Å². The summed E-state index contributed by atoms with van der Waals surface area (Å²) in [4.78, 5) is 38.3. The fraction of sp³-hybridized carbons (Fsp3) is 0.222. The van der Waals surface area contributed by atoms with E-state index in [0.29, 0.717) is 27.4 Å². The molecule has 1 heterocycles. The maximum atomic E-state index is 12.8. The number of hydrogen-bond donors (Lipinski definition) is 0. The Morgan fingerprint density at radius 2 is 1.38 bits per heavy atom. The molecular weight excluding hydrogens is 402 g/mol. The fourth-order valence-corrected chi connectivity index (χ4v) is 4.15. The zero-order valence-electron chi connectivity index (χ0n) is 18.7. The molecule has 3 aromatic carbocycles. The largest absolute Gasteiger partial charge is 0.456 e. The van der Waals surface area contributed by atoms with Crippen molar-refractivity contribution in [3.05, 3.63) is 92.6 Å². The van der Waals surface area contributed by atoms with Crippen molar-refractivity contribution in [1.82, 2.24) is 4.57 Å². The molecule has 162 valence electrons. The maximum Gasteiger partial charge on any atom is 0.326 e. The van der Waals surface area contributed by atoms with Gasteiger partial charge in [-0.1, -0.05) is 24.3 Å². The van der Waals surface area contributed by atoms with E-state index in [-0.39, 0.29) is 24.4 Å². The predicted molar refractivity (Wildman–Crippen MR) is 126 cm³/mol. The van der Waals surface area contributed by atoms with Crippen LogP contribution in [-0.2, 0) is 16.1 Å². The van der Waals surface area contributed by atoms with Crippen LogP contribution in [0.25, 0.3) is 21.8 Å². The Morgan fingerprint density at radius 3 is 1.97 bits per heavy atom. The standard InChI is InChI=1S/C27H25NO4/c1-16-13-22(19(4)18(3)17(16)2)25(29)15-32-26(30)14-28-23-11-7-5-9-20(23)27(31)21-10-6-8-12-24(21)28/h5-13H,14-15H2,1-4H3. The monoisotopic (exact) mass is 427 g/mol. The first-order chi connectivity index (χ1) is 15.3. The molecule has 5 nitrogen and oxygen atoms in total. The van der Waals surface area contributed by atoms with E-state index in [1.165, 1.54) is 0 Å². The summed E-state index contributed by atoms with van der Waals surface area (Å²) in [5.41, 5.74) is 5.99. The molecule has 4 aromatic rings. The van der Waals surface area contributed by atoms with Crippen LogP contribution in [0.3, 0.4) is 0 Å². The summed E-state index contributed by atoms with van der Waals surface area (Å²) >= 11 is 0. The number of aromatic nitrogens is 1. The molecule has 0 amide bonds. The van der Waals surface area contributed by atoms with Gasteiger partial charge in [-0.15, -0.1) is 0 Å². The van der Waals surface area contributed by atoms with Crippen molar-refractivity contribution in [3.8, 4) is 0 Å². The molecule has 0 atom stereocenters. The number of fused-ring (bicyclic) bond motifs is 2. The third-order valence-electron chi connectivity index (χ3n) is 6.31. The van der Waals surface area contributed by atoms with Gasteiger partial charge in [0.2, 0.25) is 5.78 Å². The minimum absolute atomic E-state index is 0.0726. The molecule has 0 aliphatic heterocycles. The zero-order chi connectivity index (χ0) is 23.0. The predicted octanol–water partition coefficient (Wildman–Crippen LogP) is 4.81. The molecule has 0 bridgehead atoms. The van der Waals surface area contributed by atoms with E-state index in [9.17, 15) is 14.4 Å². The normalized spacial score (nSPS) is 11.1. The van der Waals surface area contributed by atoms with E-state index in [1.54, 1.807) is 28.8 Å². The first-order valence-corrected chi connectivity index (χ1v) is 10.6. The third kappa shape index (κ3) is 3.71. The molecule has 5 heteroatoms. The van der Waals surface area contributed by atoms with Gasteiger partial charge in [-0.05, 0) is 80.3 Å². The smallest absolute Gasteiger partial charge is 0.326 e. The first-order valence-electron chi connectivity index (χ1n) is 10.6. The van der Waals surface area contributed by atoms with Gasteiger partial charge in [-0.25, -0.2) is 0 Å². The Balaban J connectivity index is 1.61. The number of pyridine rings is 1. The number of esters is 1. The molecule has 0 saturated carbocycles. The van der Waals surface area contributed by atoms with Crippen molar-refractivity contribution >= 4 is 33.6 Å². The number of hydrogen-bond acceptors (Lipinski definition) is 4. The van der Waals surface area contributed by atoms with Crippen molar-refractivity contribution in [3.63, 3.8) is 0 Å². The SMILES string of the molecule is Cc1cc(C(=O)COC(=O)Cn2c3ccccc3c(=O)c3ccccc32)c(C)c(C)c1C. The average molecular weight is 428 g/mol. The van der Waals surface area contributed by atoms with E-state index in [2.05, 4.69) is 0 Å². The second kappa shape index (κ2) is 8.42. The van der Waals surface area contributed by atoms with Crippen LogP contribution in [0.4, 0.5) is 0 Å². The molecule has 4 rings (SSSR count). The Morgan fingerprint density at radius 1 is 0.812 bits per heavy atom. The Labute approximate surface area is 186 Å². The van der Waals surface area contributed by atoms with E-state index in [4.69, 9.17) is 4.74 Å². The highest BCUT2D eigenvalue weighted by Crippen LogP contribution is 2.22. The van der Waals surface area contributed by atoms with Gasteiger partial charge in [-0.2, -0.15) is 0 Å². The molecule has 0 spiro atoms. The van der Waals surface area contributed by atoms with Gasteiger partial charge in [0.15, 0.2) is 12.0 Å². The summed E-state index contributed by atoms with van der Waals surface area (Å²) in [6.07, 6.45) is 0. The van der Waals surface area contributed by atoms with E-state index >= 15 is 0 Å². The minimum atomic E-state index is -0.532. The summed E-state index contributed by atoms with van der Waals surface area (Å²) in [6.45, 7) is 7.49. The Kier molecular flexibility index (Phi) is 5.66. The Hall–Kier alpha value is -3.73. The van der Waals surface area contributed by atoms with Crippen molar-refractivity contribution in [2.75, 3.05) is 6.61 Å². The number of carbonyl (C=O) groups excluding carboxylic acids is 2. The van der Waals surface area contributed by atoms with Crippen molar-refractivity contribution in [2.24, 2.45) is 0 Å². The van der Waals surface area contributed by atoms with Crippen LogP contribution in [0.5, 0.6) is 0 Å². The topological polar surface area (TPSA) is 65.4 Å². The second-order valence-corrected chi connectivity index (χ2v) is 8.15. The Bertz CT molecular complexity index is 1390. The van der Waals surface area contributed by atoms with E-state index in [0.717, 1.165) is 22.3 Å². The number of aryl methyl sites for hydroxylation is 1. The number of Topliss-reactive ketones (excluding diaryl/α,β-unsaturated/α-hetero) is 1.